The maximum Gasteiger partial charge on any atom is 0.232 e. The van der Waals surface area contributed by atoms with Crippen LogP contribution in [-0.2, 0) is 20.7 Å². The van der Waals surface area contributed by atoms with Gasteiger partial charge in [-0.25, -0.2) is 4.99 Å². The van der Waals surface area contributed by atoms with Gasteiger partial charge in [0.2, 0.25) is 5.91 Å². The highest BCUT2D eigenvalue weighted by Crippen LogP contribution is 2.32. The van der Waals surface area contributed by atoms with Crippen LogP contribution in [0.4, 0.5) is 5.69 Å². The minimum absolute atomic E-state index is 0.0273. The number of benzene rings is 1. The number of para-hydroxylation sites is 1. The number of carbonyl (C=O) groups excluding carboxylic acids is 2. The number of rotatable bonds is 4. The van der Waals surface area contributed by atoms with E-state index in [9.17, 15) is 14.7 Å². The first kappa shape index (κ1) is 18.8. The molecule has 0 aliphatic carbocycles. The summed E-state index contributed by atoms with van der Waals surface area (Å²) in [4.78, 5) is 33.7. The van der Waals surface area contributed by atoms with Crippen LogP contribution in [-0.4, -0.2) is 65.9 Å². The van der Waals surface area contributed by atoms with Gasteiger partial charge in [-0.1, -0.05) is 18.2 Å². The topological polar surface area (TPSA) is 82.4 Å². The van der Waals surface area contributed by atoms with Crippen LogP contribution < -0.4 is 4.90 Å². The second kappa shape index (κ2) is 7.85. The van der Waals surface area contributed by atoms with Crippen LogP contribution in [0.15, 0.2) is 41.2 Å². The minimum atomic E-state index is -0.283. The zero-order valence-corrected chi connectivity index (χ0v) is 16.0. The molecule has 1 unspecified atom stereocenters. The lowest BCUT2D eigenvalue weighted by Crippen LogP contribution is -2.44. The lowest BCUT2D eigenvalue weighted by atomic mass is 10.1. The predicted molar refractivity (Wildman–Crippen MR) is 105 cm³/mol. The van der Waals surface area contributed by atoms with Gasteiger partial charge in [0.25, 0.3) is 0 Å². The van der Waals surface area contributed by atoms with E-state index in [0.29, 0.717) is 31.2 Å². The highest BCUT2D eigenvalue weighted by atomic mass is 16.5. The molecule has 1 saturated heterocycles. The van der Waals surface area contributed by atoms with E-state index in [1.165, 1.54) is 11.6 Å². The minimum Gasteiger partial charge on any atom is -0.394 e. The van der Waals surface area contributed by atoms with Crippen molar-refractivity contribution in [1.82, 2.24) is 4.90 Å². The van der Waals surface area contributed by atoms with Gasteiger partial charge in [0.05, 0.1) is 25.7 Å². The van der Waals surface area contributed by atoms with Crippen molar-refractivity contribution in [2.24, 2.45) is 4.99 Å². The first-order valence-electron chi connectivity index (χ1n) is 9.73. The van der Waals surface area contributed by atoms with Crippen molar-refractivity contribution in [3.8, 4) is 0 Å². The molecule has 1 aromatic rings. The Hall–Kier alpha value is -2.51. The summed E-state index contributed by atoms with van der Waals surface area (Å²) >= 11 is 0. The molecule has 7 heteroatoms. The molecule has 0 spiro atoms. The quantitative estimate of drug-likeness (QED) is 0.848. The largest absolute Gasteiger partial charge is 0.394 e. The average Bonchev–Trinajstić information content (AvgIpc) is 3.03. The molecule has 0 radical (unpaired) electrons. The Bertz CT molecular complexity index is 848. The number of fused-ring (bicyclic) bond motifs is 1. The summed E-state index contributed by atoms with van der Waals surface area (Å²) in [7, 11) is 0. The standard InChI is InChI=1S/C21H25N3O4/c1-14-8-15-4-2-3-5-19(15)24(14)21(27)10-16-9-17(26)11-20(22-16)23-6-7-28-18(12-23)13-25/h2-5,11,14,18,25H,6-10,12-13H2,1H3/t14-,18?/m0/s1. The molecule has 148 valence electrons. The van der Waals surface area contributed by atoms with E-state index >= 15 is 0 Å². The molecule has 4 rings (SSSR count). The molecule has 3 aliphatic heterocycles. The SMILES string of the molecule is C[C@H]1Cc2ccccc2N1C(=O)CC1=NC(N2CCOC(CO)C2)=CC(=O)C1. The number of amides is 1. The molecule has 1 N–H and O–H groups in total. The van der Waals surface area contributed by atoms with E-state index in [0.717, 1.165) is 12.1 Å². The zero-order chi connectivity index (χ0) is 19.7. The second-order valence-electron chi connectivity index (χ2n) is 7.57. The van der Waals surface area contributed by atoms with Crippen molar-refractivity contribution in [3.63, 3.8) is 0 Å². The van der Waals surface area contributed by atoms with E-state index in [1.54, 1.807) is 0 Å². The van der Waals surface area contributed by atoms with Crippen LogP contribution >= 0.6 is 0 Å². The summed E-state index contributed by atoms with van der Waals surface area (Å²) in [5.41, 5.74) is 2.72. The number of hydrogen-bond donors (Lipinski definition) is 1. The summed E-state index contributed by atoms with van der Waals surface area (Å²) in [5, 5.41) is 9.33. The molecule has 7 nitrogen and oxygen atoms in total. The van der Waals surface area contributed by atoms with E-state index in [2.05, 4.69) is 11.1 Å². The Morgan fingerprint density at radius 1 is 1.36 bits per heavy atom. The van der Waals surface area contributed by atoms with Crippen LogP contribution in [0.5, 0.6) is 0 Å². The highest BCUT2D eigenvalue weighted by molar-refractivity contribution is 6.16. The Morgan fingerprint density at radius 2 is 2.18 bits per heavy atom. The van der Waals surface area contributed by atoms with Crippen molar-refractivity contribution in [2.45, 2.75) is 38.3 Å². The van der Waals surface area contributed by atoms with Crippen molar-refractivity contribution >= 4 is 23.1 Å². The van der Waals surface area contributed by atoms with E-state index in [4.69, 9.17) is 4.74 Å². The number of carbonyl (C=O) groups is 2. The third-order valence-corrected chi connectivity index (χ3v) is 5.44. The number of allylic oxidation sites excluding steroid dienone is 1. The third kappa shape index (κ3) is 3.72. The predicted octanol–water partition coefficient (Wildman–Crippen LogP) is 1.30. The van der Waals surface area contributed by atoms with Gasteiger partial charge in [-0.3, -0.25) is 9.59 Å². The van der Waals surface area contributed by atoms with Gasteiger partial charge < -0.3 is 19.6 Å². The van der Waals surface area contributed by atoms with Gasteiger partial charge in [0, 0.05) is 43.0 Å². The maximum absolute atomic E-state index is 13.0. The third-order valence-electron chi connectivity index (χ3n) is 5.44. The van der Waals surface area contributed by atoms with Gasteiger partial charge in [-0.2, -0.15) is 0 Å². The zero-order valence-electron chi connectivity index (χ0n) is 16.0. The molecule has 1 amide bonds. The summed E-state index contributed by atoms with van der Waals surface area (Å²) < 4.78 is 5.47. The Kier molecular flexibility index (Phi) is 5.28. The number of ether oxygens (including phenoxy) is 1. The number of nitrogens with zero attached hydrogens (tertiary/aromatic N) is 3. The molecular formula is C21H25N3O4. The fourth-order valence-corrected chi connectivity index (χ4v) is 4.14. The van der Waals surface area contributed by atoms with E-state index in [1.807, 2.05) is 34.9 Å². The van der Waals surface area contributed by atoms with Gasteiger partial charge in [-0.05, 0) is 25.0 Å². The molecule has 0 aromatic heterocycles. The number of anilines is 1. The molecule has 0 bridgehead atoms. The lowest BCUT2D eigenvalue weighted by Gasteiger charge is -2.34. The van der Waals surface area contributed by atoms with Crippen molar-refractivity contribution in [3.05, 3.63) is 41.7 Å². The molecule has 2 atom stereocenters. The van der Waals surface area contributed by atoms with E-state index in [-0.39, 0.29) is 43.3 Å². The number of aliphatic imine (C=N–C) groups is 1. The van der Waals surface area contributed by atoms with Crippen molar-refractivity contribution in [2.75, 3.05) is 31.2 Å². The van der Waals surface area contributed by atoms with Crippen LogP contribution in [0, 0.1) is 0 Å². The monoisotopic (exact) mass is 383 g/mol. The Labute approximate surface area is 164 Å². The summed E-state index contributed by atoms with van der Waals surface area (Å²) in [5.74, 6) is 0.492. The van der Waals surface area contributed by atoms with Gasteiger partial charge in [0.15, 0.2) is 5.78 Å². The fraction of sp³-hybridized carbons (Fsp3) is 0.476. The number of ketones is 1. The van der Waals surface area contributed by atoms with E-state index < -0.39 is 0 Å². The molecule has 1 aromatic carbocycles. The summed E-state index contributed by atoms with van der Waals surface area (Å²) in [6.07, 6.45) is 2.40. The first-order valence-corrected chi connectivity index (χ1v) is 9.73. The maximum atomic E-state index is 13.0. The average molecular weight is 383 g/mol. The molecular weight excluding hydrogens is 358 g/mol. The van der Waals surface area contributed by atoms with Crippen LogP contribution in [0.3, 0.4) is 0 Å². The van der Waals surface area contributed by atoms with Crippen molar-refractivity contribution in [1.29, 1.82) is 0 Å². The van der Waals surface area contributed by atoms with Crippen LogP contribution in [0.2, 0.25) is 0 Å². The molecule has 0 saturated carbocycles. The summed E-state index contributed by atoms with van der Waals surface area (Å²) in [6.45, 7) is 3.54. The normalized spacial score (nSPS) is 24.7. The van der Waals surface area contributed by atoms with Gasteiger partial charge in [0.1, 0.15) is 5.82 Å². The Morgan fingerprint density at radius 3 is 3.00 bits per heavy atom. The smallest absolute Gasteiger partial charge is 0.232 e. The highest BCUT2D eigenvalue weighted by Gasteiger charge is 2.32. The number of hydrogen-bond acceptors (Lipinski definition) is 6. The number of aliphatic hydroxyl groups excluding tert-OH is 1. The second-order valence-corrected chi connectivity index (χ2v) is 7.57. The molecule has 3 aliphatic rings. The molecule has 28 heavy (non-hydrogen) atoms. The van der Waals surface area contributed by atoms with Crippen LogP contribution in [0.25, 0.3) is 0 Å². The van der Waals surface area contributed by atoms with Crippen LogP contribution in [0.1, 0.15) is 25.3 Å². The van der Waals surface area contributed by atoms with Gasteiger partial charge >= 0.3 is 0 Å². The Balaban J connectivity index is 1.50. The van der Waals surface area contributed by atoms with Crippen molar-refractivity contribution < 1.29 is 19.4 Å². The lowest BCUT2D eigenvalue weighted by molar-refractivity contribution is -0.117. The number of morpholine rings is 1. The molecule has 1 fully saturated rings. The first-order chi connectivity index (χ1) is 13.5. The summed E-state index contributed by atoms with van der Waals surface area (Å²) in [6, 6.07) is 8.05. The fourth-order valence-electron chi connectivity index (χ4n) is 4.14. The number of aliphatic hydroxyl groups is 1. The van der Waals surface area contributed by atoms with Gasteiger partial charge in [-0.15, -0.1) is 0 Å². The molecule has 3 heterocycles.